The van der Waals surface area contributed by atoms with Gasteiger partial charge in [-0.2, -0.15) is 5.10 Å². The minimum atomic E-state index is -3.50. The second-order valence-corrected chi connectivity index (χ2v) is 12.3. The van der Waals surface area contributed by atoms with Gasteiger partial charge in [-0.05, 0) is 68.1 Å². The monoisotopic (exact) mass is 534 g/mol. The molecule has 0 spiro atoms. The van der Waals surface area contributed by atoms with Gasteiger partial charge in [-0.1, -0.05) is 6.07 Å². The van der Waals surface area contributed by atoms with Gasteiger partial charge in [-0.3, -0.25) is 19.8 Å². The van der Waals surface area contributed by atoms with Crippen LogP contribution in [0.2, 0.25) is 0 Å². The number of nitrogens with one attached hydrogen (secondary N) is 2. The van der Waals surface area contributed by atoms with E-state index in [0.717, 1.165) is 49.2 Å². The van der Waals surface area contributed by atoms with Crippen LogP contribution < -0.4 is 5.32 Å². The summed E-state index contributed by atoms with van der Waals surface area (Å²) in [5.41, 5.74) is 4.22. The van der Waals surface area contributed by atoms with Gasteiger partial charge in [0.25, 0.3) is 5.91 Å². The topological polar surface area (TPSA) is 141 Å². The molecule has 1 fully saturated rings. The number of aromatic amines is 1. The molecule has 10 nitrogen and oxygen atoms in total. The third kappa shape index (κ3) is 5.45. The second kappa shape index (κ2) is 10.6. The molecule has 1 aliphatic rings. The molecule has 3 aromatic heterocycles. The number of benzene rings is 1. The highest BCUT2D eigenvalue weighted by Crippen LogP contribution is 2.27. The van der Waals surface area contributed by atoms with Gasteiger partial charge in [-0.25, -0.2) is 13.4 Å². The summed E-state index contributed by atoms with van der Waals surface area (Å²) < 4.78 is 24.6. The van der Waals surface area contributed by atoms with E-state index in [2.05, 4.69) is 36.4 Å². The quantitative estimate of drug-likeness (QED) is 0.328. The average Bonchev–Trinajstić information content (AvgIpc) is 3.34. The van der Waals surface area contributed by atoms with Crippen molar-refractivity contribution < 1.29 is 18.3 Å². The first-order valence-corrected chi connectivity index (χ1v) is 14.1. The summed E-state index contributed by atoms with van der Waals surface area (Å²) in [6.45, 7) is 5.67. The molecule has 0 atom stereocenters. The Morgan fingerprint density at radius 3 is 2.61 bits per heavy atom. The maximum Gasteiger partial charge on any atom is 0.276 e. The number of carbonyl (C=O) groups is 1. The first-order chi connectivity index (χ1) is 18.2. The summed E-state index contributed by atoms with van der Waals surface area (Å²) in [4.78, 5) is 23.8. The summed E-state index contributed by atoms with van der Waals surface area (Å²) in [7, 11) is -3.50. The van der Waals surface area contributed by atoms with Gasteiger partial charge in [-0.15, -0.1) is 0 Å². The van der Waals surface area contributed by atoms with Crippen molar-refractivity contribution in [3.63, 3.8) is 0 Å². The fourth-order valence-electron chi connectivity index (χ4n) is 4.49. The minimum absolute atomic E-state index is 0.0333. The minimum Gasteiger partial charge on any atom is -0.393 e. The Bertz CT molecular complexity index is 1560. The van der Waals surface area contributed by atoms with Crippen molar-refractivity contribution in [3.8, 4) is 11.1 Å². The smallest absolute Gasteiger partial charge is 0.276 e. The molecule has 0 saturated carbocycles. The van der Waals surface area contributed by atoms with Crippen LogP contribution >= 0.6 is 0 Å². The Morgan fingerprint density at radius 1 is 1.11 bits per heavy atom. The van der Waals surface area contributed by atoms with Crippen molar-refractivity contribution in [2.45, 2.75) is 49.6 Å². The van der Waals surface area contributed by atoms with E-state index < -0.39 is 21.0 Å². The molecular formula is C27H30N6O4S. The second-order valence-electron chi connectivity index (χ2n) is 9.85. The van der Waals surface area contributed by atoms with E-state index in [9.17, 15) is 18.3 Å². The number of pyridine rings is 2. The number of hydrogen-bond acceptors (Lipinski definition) is 8. The lowest BCUT2D eigenvalue weighted by molar-refractivity contribution is 0.0792. The van der Waals surface area contributed by atoms with E-state index in [1.807, 2.05) is 24.4 Å². The number of aromatic nitrogens is 4. The van der Waals surface area contributed by atoms with Gasteiger partial charge in [0.1, 0.15) is 0 Å². The maximum absolute atomic E-state index is 13.1. The van der Waals surface area contributed by atoms with Crippen LogP contribution in [0.4, 0.5) is 5.69 Å². The van der Waals surface area contributed by atoms with Crippen LogP contribution in [0.5, 0.6) is 0 Å². The Hall–Kier alpha value is -3.67. The van der Waals surface area contributed by atoms with Crippen LogP contribution in [0, 0.1) is 0 Å². The zero-order valence-electron chi connectivity index (χ0n) is 21.3. The van der Waals surface area contributed by atoms with Gasteiger partial charge >= 0.3 is 0 Å². The van der Waals surface area contributed by atoms with E-state index in [-0.39, 0.29) is 16.8 Å². The zero-order chi connectivity index (χ0) is 26.9. The fraction of sp³-hybridized carbons (Fsp3) is 0.333. The number of H-pyrrole nitrogens is 1. The Kier molecular flexibility index (Phi) is 7.24. The summed E-state index contributed by atoms with van der Waals surface area (Å²) in [5, 5.41) is 19.6. The van der Waals surface area contributed by atoms with Crippen LogP contribution in [0.25, 0.3) is 22.0 Å². The molecule has 1 amide bonds. The van der Waals surface area contributed by atoms with Crippen LogP contribution in [0.15, 0.2) is 60.0 Å². The van der Waals surface area contributed by atoms with Crippen LogP contribution in [-0.4, -0.2) is 68.9 Å². The number of sulfone groups is 1. The summed E-state index contributed by atoms with van der Waals surface area (Å²) in [6.07, 6.45) is 6.34. The average molecular weight is 535 g/mol. The Labute approximate surface area is 221 Å². The summed E-state index contributed by atoms with van der Waals surface area (Å²) >= 11 is 0. The lowest BCUT2D eigenvalue weighted by Crippen LogP contribution is -2.35. The van der Waals surface area contributed by atoms with E-state index in [1.165, 1.54) is 18.3 Å². The van der Waals surface area contributed by atoms with Crippen molar-refractivity contribution in [1.82, 2.24) is 25.1 Å². The molecule has 1 aromatic carbocycles. The van der Waals surface area contributed by atoms with Crippen LogP contribution in [0.1, 0.15) is 42.7 Å². The molecular weight excluding hydrogens is 504 g/mol. The molecule has 38 heavy (non-hydrogen) atoms. The molecule has 3 N–H and O–H groups in total. The van der Waals surface area contributed by atoms with Crippen molar-refractivity contribution in [2.24, 2.45) is 0 Å². The Morgan fingerprint density at radius 2 is 1.89 bits per heavy atom. The molecule has 0 bridgehead atoms. The van der Waals surface area contributed by atoms with E-state index in [1.54, 1.807) is 20.0 Å². The molecule has 198 valence electrons. The van der Waals surface area contributed by atoms with E-state index >= 15 is 0 Å². The number of nitrogens with zero attached hydrogens (tertiary/aromatic N) is 4. The van der Waals surface area contributed by atoms with Gasteiger partial charge in [0, 0.05) is 43.0 Å². The van der Waals surface area contributed by atoms with Crippen molar-refractivity contribution in [3.05, 3.63) is 66.2 Å². The van der Waals surface area contributed by atoms with E-state index in [4.69, 9.17) is 0 Å². The number of aliphatic hydroxyl groups is 1. The van der Waals surface area contributed by atoms with Gasteiger partial charge in [0.2, 0.25) is 0 Å². The molecule has 1 aliphatic heterocycles. The van der Waals surface area contributed by atoms with Crippen molar-refractivity contribution in [2.75, 3.05) is 18.4 Å². The van der Waals surface area contributed by atoms with Gasteiger partial charge in [0.05, 0.1) is 28.8 Å². The standard InChI is InChI=1S/C27H30N6O4S/c1-17(2)38(36,37)25-6-4-21(15-29-25)30-27(35)26-23-12-19(3-5-24(23)31-32-26)20-11-18(13-28-14-20)16-33-9-7-22(34)8-10-33/h3-6,11-15,17,22,34H,7-10,16H2,1-2H3,(H,30,35)(H,31,32). The number of piperidine rings is 1. The number of hydrogen-bond donors (Lipinski definition) is 3. The molecule has 5 rings (SSSR count). The Balaban J connectivity index is 1.35. The summed E-state index contributed by atoms with van der Waals surface area (Å²) in [5.74, 6) is -0.436. The largest absolute Gasteiger partial charge is 0.393 e. The van der Waals surface area contributed by atoms with Crippen molar-refractivity contribution >= 4 is 32.3 Å². The van der Waals surface area contributed by atoms with Gasteiger partial charge < -0.3 is 10.4 Å². The number of anilines is 1. The molecule has 4 aromatic rings. The number of rotatable bonds is 7. The molecule has 0 radical (unpaired) electrons. The predicted molar refractivity (Wildman–Crippen MR) is 144 cm³/mol. The molecule has 4 heterocycles. The SMILES string of the molecule is CC(C)S(=O)(=O)c1ccc(NC(=O)c2n[nH]c3ccc(-c4cncc(CN5CCC(O)CC5)c4)cc23)cn1. The summed E-state index contributed by atoms with van der Waals surface area (Å²) in [6, 6.07) is 10.7. The van der Waals surface area contributed by atoms with Crippen molar-refractivity contribution in [1.29, 1.82) is 0 Å². The molecule has 0 unspecified atom stereocenters. The number of amides is 1. The molecule has 1 saturated heterocycles. The predicted octanol–water partition coefficient (Wildman–Crippen LogP) is 3.41. The highest BCUT2D eigenvalue weighted by Gasteiger charge is 2.21. The fourth-order valence-corrected chi connectivity index (χ4v) is 5.43. The number of likely N-dealkylation sites (tertiary alicyclic amines) is 1. The van der Waals surface area contributed by atoms with Crippen LogP contribution in [-0.2, 0) is 16.4 Å². The van der Waals surface area contributed by atoms with E-state index in [0.29, 0.717) is 16.6 Å². The number of carbonyl (C=O) groups excluding carboxylic acids is 1. The highest BCUT2D eigenvalue weighted by atomic mass is 32.2. The van der Waals surface area contributed by atoms with Crippen LogP contribution in [0.3, 0.4) is 0 Å². The highest BCUT2D eigenvalue weighted by molar-refractivity contribution is 7.91. The lowest BCUT2D eigenvalue weighted by Gasteiger charge is -2.29. The first-order valence-electron chi connectivity index (χ1n) is 12.5. The maximum atomic E-state index is 13.1. The normalized spacial score (nSPS) is 15.3. The third-order valence-electron chi connectivity index (χ3n) is 6.78. The zero-order valence-corrected chi connectivity index (χ0v) is 22.1. The molecule has 11 heteroatoms. The van der Waals surface area contributed by atoms with Gasteiger partial charge in [0.15, 0.2) is 20.6 Å². The number of fused-ring (bicyclic) bond motifs is 1. The lowest BCUT2D eigenvalue weighted by atomic mass is 10.0. The first kappa shape index (κ1) is 26.0. The number of aliphatic hydroxyl groups excluding tert-OH is 1. The molecule has 0 aliphatic carbocycles. The third-order valence-corrected chi connectivity index (χ3v) is 8.84.